The number of hydrogen-bond acceptors (Lipinski definition) is 3. The van der Waals surface area contributed by atoms with Crippen molar-refractivity contribution < 1.29 is 9.53 Å². The van der Waals surface area contributed by atoms with Gasteiger partial charge in [0.05, 0.1) is 12.7 Å². The van der Waals surface area contributed by atoms with Gasteiger partial charge in [0.1, 0.15) is 0 Å². The minimum Gasteiger partial charge on any atom is -0.465 e. The number of nitrogens with two attached hydrogens (primary N) is 1. The van der Waals surface area contributed by atoms with E-state index >= 15 is 0 Å². The van der Waals surface area contributed by atoms with Gasteiger partial charge in [0, 0.05) is 11.1 Å². The Morgan fingerprint density at radius 2 is 2.20 bits per heavy atom. The molecule has 20 heavy (non-hydrogen) atoms. The third-order valence-corrected chi connectivity index (χ3v) is 4.21. The summed E-state index contributed by atoms with van der Waals surface area (Å²) in [5, 5.41) is 0.651. The molecule has 0 bridgehead atoms. The lowest BCUT2D eigenvalue weighted by Gasteiger charge is -2.16. The van der Waals surface area contributed by atoms with Gasteiger partial charge in [0.25, 0.3) is 0 Å². The maximum Gasteiger partial charge on any atom is 0.338 e. The fraction of sp³-hybridized carbons (Fsp3) is 0.533. The third kappa shape index (κ3) is 4.11. The Balaban J connectivity index is 0.00000200. The average molecular weight is 318 g/mol. The largest absolute Gasteiger partial charge is 0.465 e. The molecule has 112 valence electrons. The molecule has 3 nitrogen and oxygen atoms in total. The van der Waals surface area contributed by atoms with Gasteiger partial charge in [-0.3, -0.25) is 0 Å². The minimum atomic E-state index is -0.303. The molecule has 0 amide bonds. The van der Waals surface area contributed by atoms with Crippen LogP contribution in [0, 0.1) is 5.92 Å². The number of carbonyl (C=O) groups is 1. The summed E-state index contributed by atoms with van der Waals surface area (Å²) in [5.41, 5.74) is 7.65. The maximum atomic E-state index is 11.7. The van der Waals surface area contributed by atoms with Crippen LogP contribution in [-0.2, 0) is 11.2 Å². The van der Waals surface area contributed by atoms with Crippen molar-refractivity contribution in [2.24, 2.45) is 11.7 Å². The Bertz CT molecular complexity index is 465. The van der Waals surface area contributed by atoms with E-state index in [9.17, 15) is 4.79 Å². The summed E-state index contributed by atoms with van der Waals surface area (Å²) in [6.45, 7) is 0. The van der Waals surface area contributed by atoms with Crippen LogP contribution in [0.4, 0.5) is 0 Å². The van der Waals surface area contributed by atoms with Gasteiger partial charge in [-0.15, -0.1) is 12.4 Å². The molecule has 2 atom stereocenters. The molecule has 1 fully saturated rings. The van der Waals surface area contributed by atoms with Gasteiger partial charge in [-0.2, -0.15) is 0 Å². The molecule has 2 N–H and O–H groups in total. The average Bonchev–Trinajstić information content (AvgIpc) is 2.81. The van der Waals surface area contributed by atoms with Crippen molar-refractivity contribution in [3.63, 3.8) is 0 Å². The first-order chi connectivity index (χ1) is 9.11. The van der Waals surface area contributed by atoms with Crippen LogP contribution in [0.25, 0.3) is 0 Å². The Hall–Kier alpha value is -0.770. The predicted molar refractivity (Wildman–Crippen MR) is 83.7 cm³/mol. The van der Waals surface area contributed by atoms with Crippen LogP contribution >= 0.6 is 24.0 Å². The minimum absolute atomic E-state index is 0. The van der Waals surface area contributed by atoms with E-state index in [4.69, 9.17) is 22.1 Å². The van der Waals surface area contributed by atoms with Crippen molar-refractivity contribution in [3.05, 3.63) is 34.3 Å². The SMILES string of the molecule is COC(=O)c1ccc(Cl)cc1CC[C@@H]1CCC[C@H]1N.Cl. The Kier molecular flexibility index (Phi) is 6.80. The molecular formula is C15H21Cl2NO2. The number of ether oxygens (including phenoxy) is 1. The monoisotopic (exact) mass is 317 g/mol. The van der Waals surface area contributed by atoms with E-state index in [0.29, 0.717) is 22.5 Å². The third-order valence-electron chi connectivity index (χ3n) is 3.97. The van der Waals surface area contributed by atoms with Gasteiger partial charge >= 0.3 is 5.97 Å². The van der Waals surface area contributed by atoms with Crippen LogP contribution in [0.1, 0.15) is 41.6 Å². The number of rotatable bonds is 4. The van der Waals surface area contributed by atoms with Crippen molar-refractivity contribution in [3.8, 4) is 0 Å². The van der Waals surface area contributed by atoms with Crippen LogP contribution in [-0.4, -0.2) is 19.1 Å². The summed E-state index contributed by atoms with van der Waals surface area (Å²) in [7, 11) is 1.40. The summed E-state index contributed by atoms with van der Waals surface area (Å²) in [5.74, 6) is 0.256. The summed E-state index contributed by atoms with van der Waals surface area (Å²) in [4.78, 5) is 11.7. The molecule has 5 heteroatoms. The molecule has 0 saturated heterocycles. The number of aryl methyl sites for hydroxylation is 1. The number of hydrogen-bond donors (Lipinski definition) is 1. The number of methoxy groups -OCH3 is 1. The predicted octanol–water partition coefficient (Wildman–Crippen LogP) is 3.61. The fourth-order valence-electron chi connectivity index (χ4n) is 2.84. The summed E-state index contributed by atoms with van der Waals surface area (Å²) >= 11 is 6.01. The molecule has 1 aromatic carbocycles. The van der Waals surface area contributed by atoms with Gasteiger partial charge in [-0.25, -0.2) is 4.79 Å². The van der Waals surface area contributed by atoms with Crippen LogP contribution < -0.4 is 5.73 Å². The van der Waals surface area contributed by atoms with Crippen molar-refractivity contribution in [1.82, 2.24) is 0 Å². The molecule has 0 radical (unpaired) electrons. The van der Waals surface area contributed by atoms with Crippen molar-refractivity contribution in [2.75, 3.05) is 7.11 Å². The highest BCUT2D eigenvalue weighted by Gasteiger charge is 2.24. The molecule has 2 rings (SSSR count). The molecular weight excluding hydrogens is 297 g/mol. The Labute approximate surface area is 131 Å². The van der Waals surface area contributed by atoms with Gasteiger partial charge < -0.3 is 10.5 Å². The lowest BCUT2D eigenvalue weighted by molar-refractivity contribution is 0.0599. The molecule has 1 aromatic rings. The quantitative estimate of drug-likeness (QED) is 0.863. The normalized spacial score (nSPS) is 21.4. The van der Waals surface area contributed by atoms with Crippen LogP contribution in [0.5, 0.6) is 0 Å². The first-order valence-electron chi connectivity index (χ1n) is 6.74. The molecule has 0 aliphatic heterocycles. The molecule has 0 heterocycles. The number of esters is 1. The molecule has 0 unspecified atom stereocenters. The smallest absolute Gasteiger partial charge is 0.338 e. The zero-order chi connectivity index (χ0) is 13.8. The first-order valence-corrected chi connectivity index (χ1v) is 7.12. The van der Waals surface area contributed by atoms with E-state index in [-0.39, 0.29) is 18.4 Å². The van der Waals surface area contributed by atoms with Crippen LogP contribution in [0.15, 0.2) is 18.2 Å². The van der Waals surface area contributed by atoms with Gasteiger partial charge in [-0.1, -0.05) is 18.0 Å². The first kappa shape index (κ1) is 17.3. The van der Waals surface area contributed by atoms with Crippen molar-refractivity contribution in [2.45, 2.75) is 38.1 Å². The molecule has 1 aliphatic carbocycles. The standard InChI is InChI=1S/C15H20ClNO2.ClH/c1-19-15(18)13-8-7-12(16)9-11(13)6-5-10-3-2-4-14(10)17;/h7-10,14H,2-6,17H2,1H3;1H/t10-,14+;/m0./s1. The van der Waals surface area contributed by atoms with Gasteiger partial charge in [-0.05, 0) is 55.4 Å². The van der Waals surface area contributed by atoms with Gasteiger partial charge in [0.2, 0.25) is 0 Å². The Morgan fingerprint density at radius 1 is 1.45 bits per heavy atom. The fourth-order valence-corrected chi connectivity index (χ4v) is 3.04. The second kappa shape index (κ2) is 7.87. The topological polar surface area (TPSA) is 52.3 Å². The summed E-state index contributed by atoms with van der Waals surface area (Å²) in [6.07, 6.45) is 5.35. The summed E-state index contributed by atoms with van der Waals surface area (Å²) < 4.78 is 4.80. The zero-order valence-electron chi connectivity index (χ0n) is 11.6. The lowest BCUT2D eigenvalue weighted by Crippen LogP contribution is -2.24. The molecule has 0 spiro atoms. The number of halogens is 2. The van der Waals surface area contributed by atoms with E-state index in [1.807, 2.05) is 6.07 Å². The number of carbonyl (C=O) groups excluding carboxylic acids is 1. The summed E-state index contributed by atoms with van der Waals surface area (Å²) in [6, 6.07) is 5.62. The van der Waals surface area contributed by atoms with Crippen molar-refractivity contribution in [1.29, 1.82) is 0 Å². The van der Waals surface area contributed by atoms with Crippen LogP contribution in [0.2, 0.25) is 5.02 Å². The zero-order valence-corrected chi connectivity index (χ0v) is 13.2. The van der Waals surface area contributed by atoms with E-state index in [1.165, 1.54) is 20.0 Å². The second-order valence-electron chi connectivity index (χ2n) is 5.19. The molecule has 0 aromatic heterocycles. The maximum absolute atomic E-state index is 11.7. The highest BCUT2D eigenvalue weighted by Crippen LogP contribution is 2.29. The van der Waals surface area contributed by atoms with E-state index < -0.39 is 0 Å². The highest BCUT2D eigenvalue weighted by molar-refractivity contribution is 6.30. The van der Waals surface area contributed by atoms with Crippen molar-refractivity contribution >= 4 is 30.0 Å². The molecule has 1 saturated carbocycles. The molecule has 1 aliphatic rings. The van der Waals surface area contributed by atoms with E-state index in [0.717, 1.165) is 24.8 Å². The van der Waals surface area contributed by atoms with E-state index in [2.05, 4.69) is 0 Å². The van der Waals surface area contributed by atoms with E-state index in [1.54, 1.807) is 12.1 Å². The Morgan fingerprint density at radius 3 is 2.80 bits per heavy atom. The highest BCUT2D eigenvalue weighted by atomic mass is 35.5. The number of benzene rings is 1. The second-order valence-corrected chi connectivity index (χ2v) is 5.62. The van der Waals surface area contributed by atoms with Crippen LogP contribution in [0.3, 0.4) is 0 Å². The van der Waals surface area contributed by atoms with Gasteiger partial charge in [0.15, 0.2) is 0 Å². The lowest BCUT2D eigenvalue weighted by atomic mass is 9.93.